The fourth-order valence-corrected chi connectivity index (χ4v) is 3.54. The summed E-state index contributed by atoms with van der Waals surface area (Å²) in [6.45, 7) is 9.50. The molecule has 2 rings (SSSR count). The van der Waals surface area contributed by atoms with Gasteiger partial charge in [0.15, 0.2) is 0 Å². The number of carbonyl (C=O) groups excluding carboxylic acids is 1. The van der Waals surface area contributed by atoms with Gasteiger partial charge < -0.3 is 9.64 Å². The average Bonchev–Trinajstić information content (AvgIpc) is 2.47. The molecule has 1 heterocycles. The molecular weight excluding hydrogens is 274 g/mol. The van der Waals surface area contributed by atoms with Gasteiger partial charge in [-0.25, -0.2) is 0 Å². The van der Waals surface area contributed by atoms with Crippen LogP contribution in [-0.2, 0) is 16.0 Å². The zero-order valence-corrected chi connectivity index (χ0v) is 14.6. The smallest absolute Gasteiger partial charge is 0.306 e. The summed E-state index contributed by atoms with van der Waals surface area (Å²) in [5, 5.41) is 0. The van der Waals surface area contributed by atoms with Crippen LogP contribution in [0.1, 0.15) is 44.7 Å². The van der Waals surface area contributed by atoms with E-state index in [0.717, 1.165) is 19.4 Å². The second-order valence-corrected chi connectivity index (χ2v) is 7.11. The zero-order chi connectivity index (χ0) is 16.3. The van der Waals surface area contributed by atoms with Gasteiger partial charge in [-0.2, -0.15) is 0 Å². The summed E-state index contributed by atoms with van der Waals surface area (Å²) in [5.74, 6) is 0.284. The van der Waals surface area contributed by atoms with E-state index in [1.165, 1.54) is 16.0 Å². The van der Waals surface area contributed by atoms with Gasteiger partial charge in [-0.1, -0.05) is 43.7 Å². The molecule has 1 aromatic carbocycles. The SMILES string of the molecule is CCC(=O)O[C@]1(Cc2ccc(C)cc2)C[C@H](C)[NH+](C)C[C@@H]1C. The van der Waals surface area contributed by atoms with Crippen LogP contribution in [0.2, 0.25) is 0 Å². The lowest BCUT2D eigenvalue weighted by Gasteiger charge is -2.46. The Morgan fingerprint density at radius 3 is 2.55 bits per heavy atom. The Hall–Kier alpha value is -1.35. The summed E-state index contributed by atoms with van der Waals surface area (Å²) in [7, 11) is 2.23. The van der Waals surface area contributed by atoms with Crippen LogP contribution in [0.25, 0.3) is 0 Å². The lowest BCUT2D eigenvalue weighted by atomic mass is 9.75. The molecule has 1 saturated heterocycles. The first-order valence-corrected chi connectivity index (χ1v) is 8.46. The van der Waals surface area contributed by atoms with E-state index in [1.807, 2.05) is 6.92 Å². The fourth-order valence-electron chi connectivity index (χ4n) is 3.54. The van der Waals surface area contributed by atoms with Crippen LogP contribution in [0.5, 0.6) is 0 Å². The number of aryl methyl sites for hydroxylation is 1. The predicted molar refractivity (Wildman–Crippen MR) is 89.0 cm³/mol. The molecule has 1 aliphatic heterocycles. The van der Waals surface area contributed by atoms with Crippen molar-refractivity contribution in [3.05, 3.63) is 35.4 Å². The minimum Gasteiger partial charge on any atom is -0.458 e. The van der Waals surface area contributed by atoms with Crippen LogP contribution < -0.4 is 4.90 Å². The number of carbonyl (C=O) groups is 1. The van der Waals surface area contributed by atoms with E-state index in [0.29, 0.717) is 18.4 Å². The number of likely N-dealkylation sites (tertiary alicyclic amines) is 1. The van der Waals surface area contributed by atoms with Gasteiger partial charge in [0.05, 0.1) is 19.6 Å². The molecule has 0 amide bonds. The van der Waals surface area contributed by atoms with E-state index in [2.05, 4.69) is 52.1 Å². The Morgan fingerprint density at radius 1 is 1.32 bits per heavy atom. The van der Waals surface area contributed by atoms with Crippen LogP contribution in [-0.4, -0.2) is 31.2 Å². The monoisotopic (exact) mass is 304 g/mol. The molecule has 1 aliphatic rings. The third-order valence-electron chi connectivity index (χ3n) is 5.25. The summed E-state index contributed by atoms with van der Waals surface area (Å²) >= 11 is 0. The van der Waals surface area contributed by atoms with E-state index in [4.69, 9.17) is 4.74 Å². The molecule has 0 saturated carbocycles. The largest absolute Gasteiger partial charge is 0.458 e. The number of nitrogens with one attached hydrogen (secondary N) is 1. The highest BCUT2D eigenvalue weighted by Gasteiger charge is 2.48. The maximum Gasteiger partial charge on any atom is 0.306 e. The minimum atomic E-state index is -0.360. The molecule has 0 aliphatic carbocycles. The normalized spacial score (nSPS) is 31.8. The predicted octanol–water partition coefficient (Wildman–Crippen LogP) is 2.17. The molecule has 0 spiro atoms. The van der Waals surface area contributed by atoms with Crippen molar-refractivity contribution in [2.24, 2.45) is 5.92 Å². The standard InChI is InChI=1S/C19H29NO2/c1-6-18(21)22-19(11-16(4)20(5)13-15(19)3)12-17-9-7-14(2)8-10-17/h7-10,15-16H,6,11-13H2,1-5H3/p+1/t15-,16-,19-/m0/s1. The van der Waals surface area contributed by atoms with Crippen molar-refractivity contribution in [3.8, 4) is 0 Å². The average molecular weight is 304 g/mol. The van der Waals surface area contributed by atoms with Crippen LogP contribution in [0.4, 0.5) is 0 Å². The van der Waals surface area contributed by atoms with E-state index >= 15 is 0 Å². The number of piperidine rings is 1. The molecule has 4 atom stereocenters. The minimum absolute atomic E-state index is 0.0780. The fraction of sp³-hybridized carbons (Fsp3) is 0.632. The number of esters is 1. The molecule has 0 bridgehead atoms. The summed E-state index contributed by atoms with van der Waals surface area (Å²) < 4.78 is 6.04. The van der Waals surface area contributed by atoms with Crippen LogP contribution >= 0.6 is 0 Å². The summed E-state index contributed by atoms with van der Waals surface area (Å²) in [6.07, 6.45) is 2.19. The highest BCUT2D eigenvalue weighted by Crippen LogP contribution is 2.33. The van der Waals surface area contributed by atoms with Crippen LogP contribution in [0.3, 0.4) is 0 Å². The molecule has 1 N–H and O–H groups in total. The molecule has 1 fully saturated rings. The van der Waals surface area contributed by atoms with Crippen molar-refractivity contribution < 1.29 is 14.4 Å². The van der Waals surface area contributed by atoms with E-state index < -0.39 is 0 Å². The van der Waals surface area contributed by atoms with Gasteiger partial charge in [0, 0.05) is 25.2 Å². The van der Waals surface area contributed by atoms with Crippen molar-refractivity contribution >= 4 is 5.97 Å². The summed E-state index contributed by atoms with van der Waals surface area (Å²) in [5.41, 5.74) is 2.16. The summed E-state index contributed by atoms with van der Waals surface area (Å²) in [4.78, 5) is 13.6. The van der Waals surface area contributed by atoms with Crippen molar-refractivity contribution in [2.75, 3.05) is 13.6 Å². The number of benzene rings is 1. The highest BCUT2D eigenvalue weighted by atomic mass is 16.6. The first-order chi connectivity index (χ1) is 10.4. The van der Waals surface area contributed by atoms with E-state index in [1.54, 1.807) is 0 Å². The third kappa shape index (κ3) is 3.70. The maximum atomic E-state index is 12.0. The lowest BCUT2D eigenvalue weighted by molar-refractivity contribution is -0.915. The lowest BCUT2D eigenvalue weighted by Crippen LogP contribution is -3.15. The Balaban J connectivity index is 2.28. The molecule has 3 nitrogen and oxygen atoms in total. The molecule has 0 aromatic heterocycles. The molecule has 3 heteroatoms. The topological polar surface area (TPSA) is 30.7 Å². The second kappa shape index (κ2) is 6.82. The van der Waals surface area contributed by atoms with Crippen molar-refractivity contribution in [3.63, 3.8) is 0 Å². The third-order valence-corrected chi connectivity index (χ3v) is 5.25. The highest BCUT2D eigenvalue weighted by molar-refractivity contribution is 5.69. The molecule has 0 radical (unpaired) electrons. The second-order valence-electron chi connectivity index (χ2n) is 7.11. The number of ether oxygens (including phenoxy) is 1. The zero-order valence-electron chi connectivity index (χ0n) is 14.6. The van der Waals surface area contributed by atoms with E-state index in [9.17, 15) is 4.79 Å². The number of hydrogen-bond donors (Lipinski definition) is 1. The molecule has 1 unspecified atom stereocenters. The van der Waals surface area contributed by atoms with Gasteiger partial charge in [-0.15, -0.1) is 0 Å². The molecule has 122 valence electrons. The molecule has 22 heavy (non-hydrogen) atoms. The number of quaternary nitrogens is 1. The van der Waals surface area contributed by atoms with Crippen molar-refractivity contribution in [1.82, 2.24) is 0 Å². The Morgan fingerprint density at radius 2 is 1.95 bits per heavy atom. The number of hydrogen-bond acceptors (Lipinski definition) is 2. The molecular formula is C19H30NO2+. The van der Waals surface area contributed by atoms with Crippen molar-refractivity contribution in [2.45, 2.75) is 58.6 Å². The Labute approximate surface area is 134 Å². The maximum absolute atomic E-state index is 12.0. The van der Waals surface area contributed by atoms with E-state index in [-0.39, 0.29) is 11.6 Å². The van der Waals surface area contributed by atoms with Gasteiger partial charge >= 0.3 is 5.97 Å². The van der Waals surface area contributed by atoms with Gasteiger partial charge in [0.1, 0.15) is 5.60 Å². The quantitative estimate of drug-likeness (QED) is 0.864. The van der Waals surface area contributed by atoms with Gasteiger partial charge in [0.25, 0.3) is 0 Å². The Kier molecular flexibility index (Phi) is 5.28. The first kappa shape index (κ1) is 17.0. The summed E-state index contributed by atoms with van der Waals surface area (Å²) in [6, 6.07) is 9.11. The first-order valence-electron chi connectivity index (χ1n) is 8.46. The van der Waals surface area contributed by atoms with Gasteiger partial charge in [-0.3, -0.25) is 4.79 Å². The van der Waals surface area contributed by atoms with Crippen LogP contribution in [0.15, 0.2) is 24.3 Å². The Bertz CT molecular complexity index is 511. The van der Waals surface area contributed by atoms with Crippen LogP contribution in [0, 0.1) is 12.8 Å². The molecule has 1 aromatic rings. The van der Waals surface area contributed by atoms with Gasteiger partial charge in [0.2, 0.25) is 0 Å². The van der Waals surface area contributed by atoms with Gasteiger partial charge in [-0.05, 0) is 19.4 Å². The van der Waals surface area contributed by atoms with Crippen molar-refractivity contribution in [1.29, 1.82) is 0 Å². The number of rotatable bonds is 4.